The summed E-state index contributed by atoms with van der Waals surface area (Å²) >= 11 is 3.54. The largest absolute Gasteiger partial charge is 0.356 e. The summed E-state index contributed by atoms with van der Waals surface area (Å²) in [4.78, 5) is 11.1. The Morgan fingerprint density at radius 1 is 1.27 bits per heavy atom. The van der Waals surface area contributed by atoms with Crippen molar-refractivity contribution in [1.82, 2.24) is 15.6 Å². The molecule has 0 saturated heterocycles. The van der Waals surface area contributed by atoms with E-state index in [-0.39, 0.29) is 24.0 Å². The molecule has 0 radical (unpaired) electrons. The van der Waals surface area contributed by atoms with E-state index in [0.717, 1.165) is 23.3 Å². The minimum absolute atomic E-state index is 0. The maximum absolute atomic E-state index is 4.33. The Morgan fingerprint density at radius 3 is 2.68 bits per heavy atom. The summed E-state index contributed by atoms with van der Waals surface area (Å²) in [5, 5.41) is 7.66. The van der Waals surface area contributed by atoms with Gasteiger partial charge in [-0.3, -0.25) is 4.99 Å². The van der Waals surface area contributed by atoms with Crippen LogP contribution >= 0.6 is 47.1 Å². The maximum Gasteiger partial charge on any atom is 0.191 e. The van der Waals surface area contributed by atoms with Gasteiger partial charge in [0.1, 0.15) is 5.01 Å². The molecule has 0 spiro atoms. The number of nitrogens with zero attached hydrogens (tertiary/aromatic N) is 2. The Hall–Kier alpha value is -0.800. The summed E-state index contributed by atoms with van der Waals surface area (Å²) < 4.78 is 0. The van der Waals surface area contributed by atoms with Crippen LogP contribution in [-0.4, -0.2) is 30.3 Å². The zero-order valence-corrected chi connectivity index (χ0v) is 16.7. The number of rotatable bonds is 6. The first-order valence-corrected chi connectivity index (χ1v) is 8.62. The van der Waals surface area contributed by atoms with Gasteiger partial charge >= 0.3 is 0 Å². The van der Waals surface area contributed by atoms with Crippen LogP contribution in [0, 0.1) is 6.92 Å². The molecule has 1 aromatic heterocycles. The SMILES string of the molecule is CN=C(NCCSc1ccccc1)NCc1ncc(C)s1.I. The molecule has 0 aliphatic heterocycles. The molecular formula is C15H21IN4S2. The third-order valence-corrected chi connectivity index (χ3v) is 4.63. The van der Waals surface area contributed by atoms with E-state index in [2.05, 4.69) is 51.8 Å². The smallest absolute Gasteiger partial charge is 0.191 e. The number of nitrogens with one attached hydrogen (secondary N) is 2. The van der Waals surface area contributed by atoms with Gasteiger partial charge in [0.2, 0.25) is 0 Å². The summed E-state index contributed by atoms with van der Waals surface area (Å²) in [5.41, 5.74) is 0. The van der Waals surface area contributed by atoms with E-state index in [4.69, 9.17) is 0 Å². The second-order valence-corrected chi connectivity index (χ2v) is 6.87. The first-order valence-electron chi connectivity index (χ1n) is 6.81. The van der Waals surface area contributed by atoms with Crippen molar-refractivity contribution in [2.24, 2.45) is 4.99 Å². The highest BCUT2D eigenvalue weighted by atomic mass is 127. The maximum atomic E-state index is 4.33. The number of aryl methyl sites for hydroxylation is 1. The highest BCUT2D eigenvalue weighted by Gasteiger charge is 2.01. The Bertz CT molecular complexity index is 572. The quantitative estimate of drug-likeness (QED) is 0.234. The molecule has 1 aromatic carbocycles. The van der Waals surface area contributed by atoms with Gasteiger partial charge in [-0.15, -0.1) is 47.1 Å². The van der Waals surface area contributed by atoms with Crippen LogP contribution in [0.5, 0.6) is 0 Å². The minimum atomic E-state index is 0. The van der Waals surface area contributed by atoms with E-state index in [9.17, 15) is 0 Å². The van der Waals surface area contributed by atoms with Gasteiger partial charge in [-0.1, -0.05) is 18.2 Å². The molecule has 2 aromatic rings. The molecule has 2 N–H and O–H groups in total. The molecule has 2 rings (SSSR count). The van der Waals surface area contributed by atoms with Gasteiger partial charge in [0.15, 0.2) is 5.96 Å². The van der Waals surface area contributed by atoms with Crippen molar-refractivity contribution in [3.63, 3.8) is 0 Å². The first-order chi connectivity index (χ1) is 10.3. The topological polar surface area (TPSA) is 49.3 Å². The van der Waals surface area contributed by atoms with Crippen LogP contribution in [0.1, 0.15) is 9.88 Å². The lowest BCUT2D eigenvalue weighted by Gasteiger charge is -2.10. The van der Waals surface area contributed by atoms with Crippen molar-refractivity contribution < 1.29 is 0 Å². The molecule has 0 bridgehead atoms. The Kier molecular flexibility index (Phi) is 9.49. The number of aliphatic imine (C=N–C) groups is 1. The van der Waals surface area contributed by atoms with Gasteiger partial charge in [0.25, 0.3) is 0 Å². The standard InChI is InChI=1S/C15H20N4S2.HI/c1-12-10-18-14(21-12)11-19-15(16-2)17-8-9-20-13-6-4-3-5-7-13;/h3-7,10H,8-9,11H2,1-2H3,(H2,16,17,19);1H. The predicted molar refractivity (Wildman–Crippen MR) is 108 cm³/mol. The van der Waals surface area contributed by atoms with Crippen LogP contribution in [0.3, 0.4) is 0 Å². The normalized spacial score (nSPS) is 10.9. The number of guanidine groups is 1. The third-order valence-electron chi connectivity index (χ3n) is 2.71. The van der Waals surface area contributed by atoms with Crippen molar-refractivity contribution in [1.29, 1.82) is 0 Å². The lowest BCUT2D eigenvalue weighted by molar-refractivity contribution is 0.827. The summed E-state index contributed by atoms with van der Waals surface area (Å²) in [6.45, 7) is 3.65. The van der Waals surface area contributed by atoms with Crippen molar-refractivity contribution >= 4 is 53.0 Å². The van der Waals surface area contributed by atoms with Gasteiger partial charge < -0.3 is 10.6 Å². The molecule has 0 unspecified atom stereocenters. The number of thioether (sulfide) groups is 1. The molecule has 0 fully saturated rings. The molecule has 0 atom stereocenters. The molecule has 22 heavy (non-hydrogen) atoms. The second kappa shape index (κ2) is 10.8. The monoisotopic (exact) mass is 448 g/mol. The number of hydrogen-bond donors (Lipinski definition) is 2. The third kappa shape index (κ3) is 6.97. The number of benzene rings is 1. The van der Waals surface area contributed by atoms with Crippen molar-refractivity contribution in [3.05, 3.63) is 46.4 Å². The number of hydrogen-bond acceptors (Lipinski definition) is 4. The van der Waals surface area contributed by atoms with Gasteiger partial charge in [-0.2, -0.15) is 0 Å². The molecule has 0 aliphatic carbocycles. The molecule has 1 heterocycles. The Balaban J connectivity index is 0.00000242. The van der Waals surface area contributed by atoms with Crippen LogP contribution in [0.15, 0.2) is 46.4 Å². The summed E-state index contributed by atoms with van der Waals surface area (Å²) in [6, 6.07) is 10.4. The van der Waals surface area contributed by atoms with Crippen LogP contribution < -0.4 is 10.6 Å². The average Bonchev–Trinajstić information content (AvgIpc) is 2.93. The van der Waals surface area contributed by atoms with E-state index in [0.29, 0.717) is 6.54 Å². The fraction of sp³-hybridized carbons (Fsp3) is 0.333. The summed E-state index contributed by atoms with van der Waals surface area (Å²) in [7, 11) is 1.78. The fourth-order valence-corrected chi connectivity index (χ4v) is 3.23. The highest BCUT2D eigenvalue weighted by molar-refractivity contribution is 14.0. The van der Waals surface area contributed by atoms with E-state index >= 15 is 0 Å². The molecular weight excluding hydrogens is 427 g/mol. The molecule has 4 nitrogen and oxygen atoms in total. The number of halogens is 1. The predicted octanol–water partition coefficient (Wildman–Crippen LogP) is 3.53. The lowest BCUT2D eigenvalue weighted by Crippen LogP contribution is -2.37. The van der Waals surface area contributed by atoms with Crippen LogP contribution in [0.2, 0.25) is 0 Å². The molecule has 120 valence electrons. The molecule has 0 saturated carbocycles. The first kappa shape index (κ1) is 19.2. The average molecular weight is 448 g/mol. The van der Waals surface area contributed by atoms with E-state index in [1.807, 2.05) is 24.0 Å². The van der Waals surface area contributed by atoms with Gasteiger partial charge in [0, 0.05) is 35.3 Å². The van der Waals surface area contributed by atoms with Crippen molar-refractivity contribution in [2.45, 2.75) is 18.4 Å². The van der Waals surface area contributed by atoms with Gasteiger partial charge in [0.05, 0.1) is 6.54 Å². The number of aromatic nitrogens is 1. The highest BCUT2D eigenvalue weighted by Crippen LogP contribution is 2.15. The van der Waals surface area contributed by atoms with Crippen LogP contribution in [0.4, 0.5) is 0 Å². The lowest BCUT2D eigenvalue weighted by atomic mass is 10.4. The van der Waals surface area contributed by atoms with Gasteiger partial charge in [-0.05, 0) is 19.1 Å². The number of thiazole rings is 1. The fourth-order valence-electron chi connectivity index (χ4n) is 1.72. The summed E-state index contributed by atoms with van der Waals surface area (Å²) in [5.74, 6) is 1.82. The Morgan fingerprint density at radius 2 is 2.05 bits per heavy atom. The summed E-state index contributed by atoms with van der Waals surface area (Å²) in [6.07, 6.45) is 1.90. The van der Waals surface area contributed by atoms with Crippen LogP contribution in [0.25, 0.3) is 0 Å². The van der Waals surface area contributed by atoms with Crippen molar-refractivity contribution in [2.75, 3.05) is 19.3 Å². The molecule has 0 amide bonds. The zero-order valence-electron chi connectivity index (χ0n) is 12.7. The van der Waals surface area contributed by atoms with Crippen LogP contribution in [-0.2, 0) is 6.54 Å². The van der Waals surface area contributed by atoms with Gasteiger partial charge in [-0.25, -0.2) is 4.98 Å². The molecule has 7 heteroatoms. The van der Waals surface area contributed by atoms with Crippen molar-refractivity contribution in [3.8, 4) is 0 Å². The van der Waals surface area contributed by atoms with E-state index < -0.39 is 0 Å². The Labute approximate surface area is 157 Å². The van der Waals surface area contributed by atoms with E-state index in [1.54, 1.807) is 18.4 Å². The van der Waals surface area contributed by atoms with E-state index in [1.165, 1.54) is 9.77 Å². The second-order valence-electron chi connectivity index (χ2n) is 4.38. The molecule has 0 aliphatic rings. The minimum Gasteiger partial charge on any atom is -0.356 e. The zero-order chi connectivity index (χ0) is 14.9.